The molecule has 0 unspecified atom stereocenters. The van der Waals surface area contributed by atoms with Gasteiger partial charge in [-0.3, -0.25) is 0 Å². The van der Waals surface area contributed by atoms with Crippen molar-refractivity contribution in [1.82, 2.24) is 0 Å². The van der Waals surface area contributed by atoms with Crippen molar-refractivity contribution < 1.29 is 13.2 Å². The van der Waals surface area contributed by atoms with Crippen LogP contribution in [-0.4, -0.2) is 6.18 Å². The van der Waals surface area contributed by atoms with E-state index in [1.165, 1.54) is 11.1 Å². The van der Waals surface area contributed by atoms with E-state index in [4.69, 9.17) is 0 Å². The van der Waals surface area contributed by atoms with Gasteiger partial charge in [-0.25, -0.2) is 0 Å². The molecule has 0 bridgehead atoms. The fourth-order valence-electron chi connectivity index (χ4n) is 3.18. The van der Waals surface area contributed by atoms with Gasteiger partial charge in [-0.15, -0.1) is 0 Å². The van der Waals surface area contributed by atoms with Crippen molar-refractivity contribution in [2.45, 2.75) is 64.0 Å². The second-order valence-electron chi connectivity index (χ2n) is 5.97. The van der Waals surface area contributed by atoms with Gasteiger partial charge in [0, 0.05) is 6.42 Å². The first kappa shape index (κ1) is 15.4. The average molecular weight is 284 g/mol. The van der Waals surface area contributed by atoms with Crippen LogP contribution in [0.1, 0.15) is 62.5 Å². The Morgan fingerprint density at radius 3 is 2.10 bits per heavy atom. The molecule has 20 heavy (non-hydrogen) atoms. The number of rotatable bonds is 4. The van der Waals surface area contributed by atoms with Gasteiger partial charge >= 0.3 is 6.18 Å². The molecule has 0 heterocycles. The highest BCUT2D eigenvalue weighted by Crippen LogP contribution is 2.38. The Morgan fingerprint density at radius 2 is 1.60 bits per heavy atom. The van der Waals surface area contributed by atoms with Crippen molar-refractivity contribution >= 4 is 0 Å². The molecule has 2 rings (SSSR count). The molecule has 0 aromatic heterocycles. The summed E-state index contributed by atoms with van der Waals surface area (Å²) in [5.41, 5.74) is 2.70. The van der Waals surface area contributed by atoms with Crippen LogP contribution in [0.2, 0.25) is 0 Å². The molecule has 112 valence electrons. The predicted octanol–water partition coefficient (Wildman–Crippen LogP) is 5.87. The summed E-state index contributed by atoms with van der Waals surface area (Å²) in [5, 5.41) is 0. The number of aryl methyl sites for hydroxylation is 1. The zero-order valence-electron chi connectivity index (χ0n) is 12.0. The van der Waals surface area contributed by atoms with Crippen molar-refractivity contribution in [3.8, 4) is 0 Å². The zero-order valence-corrected chi connectivity index (χ0v) is 12.0. The maximum Gasteiger partial charge on any atom is 0.389 e. The summed E-state index contributed by atoms with van der Waals surface area (Å²) < 4.78 is 36.7. The molecule has 0 spiro atoms. The lowest BCUT2D eigenvalue weighted by Crippen LogP contribution is -2.16. The predicted molar refractivity (Wildman–Crippen MR) is 75.8 cm³/mol. The SMILES string of the molecule is CCc1ccc([C@H]2CC[C@H](CCC(F)(F)F)CC2)cc1. The summed E-state index contributed by atoms with van der Waals surface area (Å²) in [6.07, 6.45) is 0.699. The maximum absolute atomic E-state index is 12.2. The largest absolute Gasteiger partial charge is 0.389 e. The van der Waals surface area contributed by atoms with E-state index in [9.17, 15) is 13.2 Å². The molecule has 3 heteroatoms. The van der Waals surface area contributed by atoms with Crippen molar-refractivity contribution in [1.29, 1.82) is 0 Å². The fraction of sp³-hybridized carbons (Fsp3) is 0.647. The molecular formula is C17H23F3. The Bertz CT molecular complexity index is 397. The van der Waals surface area contributed by atoms with Gasteiger partial charge in [-0.1, -0.05) is 31.2 Å². The highest BCUT2D eigenvalue weighted by molar-refractivity contribution is 5.25. The standard InChI is InChI=1S/C17H23F3/c1-2-13-3-7-15(8-4-13)16-9-5-14(6-10-16)11-12-17(18,19)20/h3-4,7-8,14,16H,2,5-6,9-12H2,1H3/t14-,16-. The van der Waals surface area contributed by atoms with Gasteiger partial charge in [-0.2, -0.15) is 13.2 Å². The van der Waals surface area contributed by atoms with Crippen molar-refractivity contribution in [2.75, 3.05) is 0 Å². The van der Waals surface area contributed by atoms with Crippen molar-refractivity contribution in [2.24, 2.45) is 5.92 Å². The molecule has 0 atom stereocenters. The molecule has 0 nitrogen and oxygen atoms in total. The number of hydrogen-bond donors (Lipinski definition) is 0. The molecule has 0 saturated heterocycles. The molecule has 0 amide bonds. The summed E-state index contributed by atoms with van der Waals surface area (Å²) in [7, 11) is 0. The Morgan fingerprint density at radius 1 is 1.00 bits per heavy atom. The van der Waals surface area contributed by atoms with Crippen LogP contribution in [0.5, 0.6) is 0 Å². The molecule has 1 aromatic carbocycles. The summed E-state index contributed by atoms with van der Waals surface area (Å²) in [6.45, 7) is 2.14. The topological polar surface area (TPSA) is 0 Å². The highest BCUT2D eigenvalue weighted by Gasteiger charge is 2.30. The number of alkyl halides is 3. The molecule has 1 saturated carbocycles. The van der Waals surface area contributed by atoms with Gasteiger partial charge in [-0.05, 0) is 61.5 Å². The van der Waals surface area contributed by atoms with Gasteiger partial charge in [0.25, 0.3) is 0 Å². The van der Waals surface area contributed by atoms with E-state index in [1.807, 2.05) is 0 Å². The van der Waals surface area contributed by atoms with E-state index in [0.717, 1.165) is 32.1 Å². The number of hydrogen-bond acceptors (Lipinski definition) is 0. The molecule has 0 radical (unpaired) electrons. The van der Waals surface area contributed by atoms with Crippen LogP contribution in [0.4, 0.5) is 13.2 Å². The summed E-state index contributed by atoms with van der Waals surface area (Å²) in [4.78, 5) is 0. The smallest absolute Gasteiger partial charge is 0.171 e. The lowest BCUT2D eigenvalue weighted by atomic mass is 9.77. The molecule has 1 aliphatic rings. The van der Waals surface area contributed by atoms with Crippen LogP contribution in [0.3, 0.4) is 0 Å². The van der Waals surface area contributed by atoms with Gasteiger partial charge in [0.2, 0.25) is 0 Å². The van der Waals surface area contributed by atoms with Crippen LogP contribution >= 0.6 is 0 Å². The molecule has 0 N–H and O–H groups in total. The Hall–Kier alpha value is -0.990. The first-order valence-corrected chi connectivity index (χ1v) is 7.63. The van der Waals surface area contributed by atoms with Crippen LogP contribution in [-0.2, 0) is 6.42 Å². The first-order chi connectivity index (χ1) is 9.48. The first-order valence-electron chi connectivity index (χ1n) is 7.63. The van der Waals surface area contributed by atoms with E-state index < -0.39 is 12.6 Å². The third-order valence-corrected chi connectivity index (χ3v) is 4.54. The van der Waals surface area contributed by atoms with E-state index in [1.54, 1.807) is 0 Å². The second kappa shape index (κ2) is 6.64. The minimum Gasteiger partial charge on any atom is -0.171 e. The van der Waals surface area contributed by atoms with E-state index >= 15 is 0 Å². The van der Waals surface area contributed by atoms with E-state index in [0.29, 0.717) is 12.3 Å². The van der Waals surface area contributed by atoms with Crippen molar-refractivity contribution in [3.05, 3.63) is 35.4 Å². The van der Waals surface area contributed by atoms with Gasteiger partial charge in [0.1, 0.15) is 0 Å². The van der Waals surface area contributed by atoms with Gasteiger partial charge < -0.3 is 0 Å². The van der Waals surface area contributed by atoms with Crippen LogP contribution in [0.15, 0.2) is 24.3 Å². The van der Waals surface area contributed by atoms with Crippen molar-refractivity contribution in [3.63, 3.8) is 0 Å². The van der Waals surface area contributed by atoms with Gasteiger partial charge in [0.15, 0.2) is 0 Å². The van der Waals surface area contributed by atoms with Crippen LogP contribution < -0.4 is 0 Å². The quantitative estimate of drug-likeness (QED) is 0.649. The molecule has 1 aromatic rings. The minimum absolute atomic E-state index is 0.266. The van der Waals surface area contributed by atoms with E-state index in [-0.39, 0.29) is 5.92 Å². The fourth-order valence-corrected chi connectivity index (χ4v) is 3.18. The highest BCUT2D eigenvalue weighted by atomic mass is 19.4. The summed E-state index contributed by atoms with van der Waals surface area (Å²) in [6, 6.07) is 8.73. The maximum atomic E-state index is 12.2. The van der Waals surface area contributed by atoms with Crippen LogP contribution in [0, 0.1) is 5.92 Å². The Kier molecular flexibility index (Phi) is 5.11. The van der Waals surface area contributed by atoms with E-state index in [2.05, 4.69) is 31.2 Å². The number of halogens is 3. The molecular weight excluding hydrogens is 261 g/mol. The van der Waals surface area contributed by atoms with Gasteiger partial charge in [0.05, 0.1) is 0 Å². The Labute approximate surface area is 119 Å². The second-order valence-corrected chi connectivity index (χ2v) is 5.97. The Balaban J connectivity index is 1.81. The normalized spacial score (nSPS) is 23.8. The molecule has 1 fully saturated rings. The molecule has 1 aliphatic carbocycles. The monoisotopic (exact) mass is 284 g/mol. The van der Waals surface area contributed by atoms with Crippen LogP contribution in [0.25, 0.3) is 0 Å². The summed E-state index contributed by atoms with van der Waals surface area (Å²) >= 11 is 0. The average Bonchev–Trinajstić information content (AvgIpc) is 2.45. The molecule has 0 aliphatic heterocycles. The third kappa shape index (κ3) is 4.53. The summed E-state index contributed by atoms with van der Waals surface area (Å²) in [5.74, 6) is 0.811. The number of benzene rings is 1. The third-order valence-electron chi connectivity index (χ3n) is 4.54. The lowest BCUT2D eigenvalue weighted by molar-refractivity contribution is -0.138. The minimum atomic E-state index is -3.99. The zero-order chi connectivity index (χ0) is 14.6. The lowest BCUT2D eigenvalue weighted by Gasteiger charge is -2.29.